The number of nitrogens with one attached hydrogen (secondary N) is 1. The predicted molar refractivity (Wildman–Crippen MR) is 73.1 cm³/mol. The molecule has 0 spiro atoms. The highest BCUT2D eigenvalue weighted by Gasteiger charge is 2.41. The first-order valence-electron chi connectivity index (χ1n) is 6.46. The van der Waals surface area contributed by atoms with E-state index >= 15 is 0 Å². The van der Waals surface area contributed by atoms with Crippen molar-refractivity contribution >= 4 is 5.91 Å². The average Bonchev–Trinajstić information content (AvgIpc) is 2.58. The molecule has 1 aliphatic rings. The molecular formula is C15H22N2O. The molecule has 1 aromatic carbocycles. The lowest BCUT2D eigenvalue weighted by Gasteiger charge is -2.32. The molecule has 0 bridgehead atoms. The molecule has 1 fully saturated rings. The molecule has 1 amide bonds. The highest BCUT2D eigenvalue weighted by Crippen LogP contribution is 2.27. The Bertz CT molecular complexity index is 422. The van der Waals surface area contributed by atoms with E-state index in [2.05, 4.69) is 38.2 Å². The Kier molecular flexibility index (Phi) is 3.44. The first kappa shape index (κ1) is 13.1. The maximum Gasteiger partial charge on any atom is 0.241 e. The molecule has 18 heavy (non-hydrogen) atoms. The van der Waals surface area contributed by atoms with E-state index in [1.807, 2.05) is 30.1 Å². The zero-order chi connectivity index (χ0) is 13.3. The van der Waals surface area contributed by atoms with E-state index in [1.165, 1.54) is 5.56 Å². The summed E-state index contributed by atoms with van der Waals surface area (Å²) in [6.07, 6.45) is 0.870. The van der Waals surface area contributed by atoms with Crippen LogP contribution in [-0.2, 0) is 11.2 Å². The Hall–Kier alpha value is -1.35. The molecule has 2 rings (SSSR count). The standard InChI is InChI=1S/C15H22N2O/c1-15(2,3)14-16-12(13(18)17(14)4)10-11-8-6-5-7-9-11/h5-9,12,14,16H,10H2,1-4H3/t12-,14-/m1/s1. The summed E-state index contributed by atoms with van der Waals surface area (Å²) in [4.78, 5) is 14.1. The largest absolute Gasteiger partial charge is 0.328 e. The van der Waals surface area contributed by atoms with Gasteiger partial charge in [-0.2, -0.15) is 0 Å². The summed E-state index contributed by atoms with van der Waals surface area (Å²) in [5.74, 6) is 0.193. The highest BCUT2D eigenvalue weighted by atomic mass is 16.2. The summed E-state index contributed by atoms with van der Waals surface area (Å²) >= 11 is 0. The Morgan fingerprint density at radius 2 is 1.83 bits per heavy atom. The van der Waals surface area contributed by atoms with E-state index < -0.39 is 0 Å². The van der Waals surface area contributed by atoms with Crippen LogP contribution in [-0.4, -0.2) is 30.1 Å². The third-order valence-electron chi connectivity index (χ3n) is 3.50. The number of hydrogen-bond acceptors (Lipinski definition) is 2. The van der Waals surface area contributed by atoms with Crippen LogP contribution in [0.1, 0.15) is 26.3 Å². The SMILES string of the molecule is CN1C(=O)[C@@H](Cc2ccccc2)N[C@H]1C(C)(C)C. The normalized spacial score (nSPS) is 24.7. The van der Waals surface area contributed by atoms with Gasteiger partial charge >= 0.3 is 0 Å². The third-order valence-corrected chi connectivity index (χ3v) is 3.50. The van der Waals surface area contributed by atoms with Gasteiger partial charge in [-0.1, -0.05) is 51.1 Å². The quantitative estimate of drug-likeness (QED) is 0.866. The second-order valence-corrected chi connectivity index (χ2v) is 6.13. The minimum atomic E-state index is -0.0957. The molecule has 0 unspecified atom stereocenters. The number of likely N-dealkylation sites (N-methyl/N-ethyl adjacent to an activating group) is 1. The number of amides is 1. The van der Waals surface area contributed by atoms with E-state index in [0.29, 0.717) is 0 Å². The van der Waals surface area contributed by atoms with Crippen LogP contribution in [0, 0.1) is 5.41 Å². The fraction of sp³-hybridized carbons (Fsp3) is 0.533. The molecule has 0 aliphatic carbocycles. The van der Waals surface area contributed by atoms with Gasteiger partial charge in [0.2, 0.25) is 5.91 Å². The molecule has 0 saturated carbocycles. The lowest BCUT2D eigenvalue weighted by Crippen LogP contribution is -2.45. The molecule has 1 N–H and O–H groups in total. The fourth-order valence-electron chi connectivity index (χ4n) is 2.57. The van der Waals surface area contributed by atoms with Crippen LogP contribution in [0.15, 0.2) is 30.3 Å². The van der Waals surface area contributed by atoms with Crippen LogP contribution in [0.2, 0.25) is 0 Å². The lowest BCUT2D eigenvalue weighted by molar-refractivity contribution is -0.129. The molecule has 98 valence electrons. The van der Waals surface area contributed by atoms with Gasteiger partial charge in [0, 0.05) is 7.05 Å². The molecule has 1 saturated heterocycles. The van der Waals surface area contributed by atoms with Gasteiger partial charge in [-0.3, -0.25) is 10.1 Å². The molecule has 1 heterocycles. The summed E-state index contributed by atoms with van der Waals surface area (Å²) < 4.78 is 0. The molecule has 3 heteroatoms. The first-order valence-corrected chi connectivity index (χ1v) is 6.46. The monoisotopic (exact) mass is 246 g/mol. The van der Waals surface area contributed by atoms with E-state index in [0.717, 1.165) is 6.42 Å². The number of rotatable bonds is 2. The van der Waals surface area contributed by atoms with Crippen molar-refractivity contribution in [3.63, 3.8) is 0 Å². The van der Waals surface area contributed by atoms with Crippen LogP contribution in [0.25, 0.3) is 0 Å². The molecule has 1 aliphatic heterocycles. The third kappa shape index (κ3) is 2.56. The molecule has 2 atom stereocenters. The number of benzene rings is 1. The minimum Gasteiger partial charge on any atom is -0.328 e. The Labute approximate surface area is 109 Å². The van der Waals surface area contributed by atoms with Gasteiger partial charge < -0.3 is 4.90 Å². The van der Waals surface area contributed by atoms with Crippen molar-refractivity contribution in [2.45, 2.75) is 39.4 Å². The van der Waals surface area contributed by atoms with Crippen molar-refractivity contribution in [3.05, 3.63) is 35.9 Å². The second kappa shape index (κ2) is 4.73. The van der Waals surface area contributed by atoms with Crippen molar-refractivity contribution in [2.75, 3.05) is 7.05 Å². The van der Waals surface area contributed by atoms with E-state index in [1.54, 1.807) is 0 Å². The van der Waals surface area contributed by atoms with Crippen LogP contribution < -0.4 is 5.32 Å². The van der Waals surface area contributed by atoms with Crippen LogP contribution in [0.4, 0.5) is 0 Å². The fourth-order valence-corrected chi connectivity index (χ4v) is 2.57. The van der Waals surface area contributed by atoms with Crippen molar-refractivity contribution in [3.8, 4) is 0 Å². The minimum absolute atomic E-state index is 0.0514. The summed E-state index contributed by atoms with van der Waals surface area (Å²) in [6.45, 7) is 6.46. The smallest absolute Gasteiger partial charge is 0.241 e. The molecule has 3 nitrogen and oxygen atoms in total. The van der Waals surface area contributed by atoms with Crippen molar-refractivity contribution < 1.29 is 4.79 Å². The van der Waals surface area contributed by atoms with Crippen molar-refractivity contribution in [1.82, 2.24) is 10.2 Å². The topological polar surface area (TPSA) is 32.3 Å². The Morgan fingerprint density at radius 3 is 2.33 bits per heavy atom. The van der Waals surface area contributed by atoms with Crippen LogP contribution >= 0.6 is 0 Å². The van der Waals surface area contributed by atoms with Gasteiger partial charge in [-0.15, -0.1) is 0 Å². The number of carbonyl (C=O) groups is 1. The lowest BCUT2D eigenvalue weighted by atomic mass is 9.92. The van der Waals surface area contributed by atoms with Gasteiger partial charge in [-0.25, -0.2) is 0 Å². The zero-order valence-electron chi connectivity index (χ0n) is 11.6. The molecule has 1 aromatic rings. The van der Waals surface area contributed by atoms with E-state index in [4.69, 9.17) is 0 Å². The summed E-state index contributed by atoms with van der Waals surface area (Å²) in [6, 6.07) is 10.1. The number of nitrogens with zero attached hydrogens (tertiary/aromatic N) is 1. The second-order valence-electron chi connectivity index (χ2n) is 6.13. The van der Waals surface area contributed by atoms with Crippen LogP contribution in [0.3, 0.4) is 0 Å². The number of carbonyl (C=O) groups excluding carboxylic acids is 1. The van der Waals surface area contributed by atoms with Crippen molar-refractivity contribution in [2.24, 2.45) is 5.41 Å². The van der Waals surface area contributed by atoms with Gasteiger partial charge in [-0.05, 0) is 17.4 Å². The number of hydrogen-bond donors (Lipinski definition) is 1. The maximum atomic E-state index is 12.2. The predicted octanol–water partition coefficient (Wildman–Crippen LogP) is 2.03. The van der Waals surface area contributed by atoms with Crippen LogP contribution in [0.5, 0.6) is 0 Å². The van der Waals surface area contributed by atoms with Gasteiger partial charge in [0.1, 0.15) is 0 Å². The first-order chi connectivity index (χ1) is 8.39. The zero-order valence-corrected chi connectivity index (χ0v) is 11.6. The van der Waals surface area contributed by atoms with Gasteiger partial charge in [0.05, 0.1) is 12.2 Å². The average molecular weight is 246 g/mol. The summed E-state index contributed by atoms with van der Waals surface area (Å²) in [5.41, 5.74) is 1.25. The van der Waals surface area contributed by atoms with Gasteiger partial charge in [0.25, 0.3) is 0 Å². The molecule has 0 aromatic heterocycles. The van der Waals surface area contributed by atoms with E-state index in [9.17, 15) is 4.79 Å². The Balaban J connectivity index is 2.10. The van der Waals surface area contributed by atoms with Gasteiger partial charge in [0.15, 0.2) is 0 Å². The summed E-state index contributed by atoms with van der Waals surface area (Å²) in [7, 11) is 1.89. The van der Waals surface area contributed by atoms with Crippen molar-refractivity contribution in [1.29, 1.82) is 0 Å². The molecular weight excluding hydrogens is 224 g/mol. The summed E-state index contributed by atoms with van der Waals surface area (Å²) in [5, 5.41) is 3.46. The Morgan fingerprint density at radius 1 is 1.22 bits per heavy atom. The maximum absolute atomic E-state index is 12.2. The van der Waals surface area contributed by atoms with E-state index in [-0.39, 0.29) is 23.5 Å². The molecule has 0 radical (unpaired) electrons. The highest BCUT2D eigenvalue weighted by molar-refractivity contribution is 5.84.